The van der Waals surface area contributed by atoms with Gasteiger partial charge in [-0.05, 0) is 36.2 Å². The number of rotatable bonds is 4. The third-order valence-electron chi connectivity index (χ3n) is 2.83. The highest BCUT2D eigenvalue weighted by atomic mass is 35.5. The lowest BCUT2D eigenvalue weighted by molar-refractivity contribution is 0.574. The van der Waals surface area contributed by atoms with Crippen molar-refractivity contribution in [2.75, 3.05) is 0 Å². The summed E-state index contributed by atoms with van der Waals surface area (Å²) in [6.45, 7) is 2.82. The molecule has 0 aliphatic heterocycles. The molecule has 2 nitrogen and oxygen atoms in total. The Morgan fingerprint density at radius 1 is 1.17 bits per heavy atom. The van der Waals surface area contributed by atoms with E-state index in [9.17, 15) is 0 Å². The fourth-order valence-electron chi connectivity index (χ4n) is 1.68. The van der Waals surface area contributed by atoms with Crippen molar-refractivity contribution in [2.45, 2.75) is 19.5 Å². The molecule has 94 valence electrons. The van der Waals surface area contributed by atoms with Gasteiger partial charge in [-0.3, -0.25) is 4.98 Å². The highest BCUT2D eigenvalue weighted by molar-refractivity contribution is 6.31. The van der Waals surface area contributed by atoms with E-state index < -0.39 is 0 Å². The van der Waals surface area contributed by atoms with Gasteiger partial charge in [0.05, 0.1) is 5.02 Å². The SMILES string of the molecule is C[C@@H](NCc1ccncc1Cl)c1ccc(Cl)cc1. The highest BCUT2D eigenvalue weighted by Gasteiger charge is 2.06. The summed E-state index contributed by atoms with van der Waals surface area (Å²) in [6, 6.07) is 10.0. The van der Waals surface area contributed by atoms with Gasteiger partial charge in [0.25, 0.3) is 0 Å². The second kappa shape index (κ2) is 6.19. The zero-order valence-electron chi connectivity index (χ0n) is 10.0. The summed E-state index contributed by atoms with van der Waals surface area (Å²) in [5.41, 5.74) is 2.25. The molecule has 0 aliphatic rings. The molecule has 0 saturated heterocycles. The van der Waals surface area contributed by atoms with Crippen LogP contribution in [0.2, 0.25) is 10.0 Å². The maximum Gasteiger partial charge on any atom is 0.0634 e. The molecule has 0 fully saturated rings. The van der Waals surface area contributed by atoms with Crippen LogP contribution < -0.4 is 5.32 Å². The molecule has 0 amide bonds. The third kappa shape index (κ3) is 3.45. The number of nitrogens with zero attached hydrogens (tertiary/aromatic N) is 1. The van der Waals surface area contributed by atoms with Crippen LogP contribution in [-0.2, 0) is 6.54 Å². The summed E-state index contributed by atoms with van der Waals surface area (Å²) in [4.78, 5) is 3.97. The summed E-state index contributed by atoms with van der Waals surface area (Å²) in [7, 11) is 0. The van der Waals surface area contributed by atoms with Gasteiger partial charge in [-0.15, -0.1) is 0 Å². The first kappa shape index (κ1) is 13.3. The quantitative estimate of drug-likeness (QED) is 0.906. The van der Waals surface area contributed by atoms with Crippen LogP contribution in [0.3, 0.4) is 0 Å². The molecule has 2 rings (SSSR count). The second-order valence-corrected chi connectivity index (χ2v) is 4.96. The molecule has 1 heterocycles. The van der Waals surface area contributed by atoms with E-state index in [2.05, 4.69) is 17.2 Å². The molecule has 0 radical (unpaired) electrons. The summed E-state index contributed by atoms with van der Waals surface area (Å²) in [5.74, 6) is 0. The minimum absolute atomic E-state index is 0.242. The molecule has 1 N–H and O–H groups in total. The number of aromatic nitrogens is 1. The van der Waals surface area contributed by atoms with E-state index in [1.165, 1.54) is 5.56 Å². The van der Waals surface area contributed by atoms with Crippen molar-refractivity contribution in [2.24, 2.45) is 0 Å². The monoisotopic (exact) mass is 280 g/mol. The van der Waals surface area contributed by atoms with E-state index in [0.29, 0.717) is 11.6 Å². The van der Waals surface area contributed by atoms with Crippen molar-refractivity contribution in [3.63, 3.8) is 0 Å². The number of benzene rings is 1. The van der Waals surface area contributed by atoms with Crippen LogP contribution in [0.4, 0.5) is 0 Å². The molecule has 0 aliphatic carbocycles. The summed E-state index contributed by atoms with van der Waals surface area (Å²) in [5, 5.41) is 4.86. The predicted molar refractivity (Wildman–Crippen MR) is 76.0 cm³/mol. The number of pyridine rings is 1. The zero-order valence-corrected chi connectivity index (χ0v) is 11.5. The average molecular weight is 281 g/mol. The Bertz CT molecular complexity index is 511. The van der Waals surface area contributed by atoms with E-state index in [-0.39, 0.29) is 6.04 Å². The zero-order chi connectivity index (χ0) is 13.0. The predicted octanol–water partition coefficient (Wildman–Crippen LogP) is 4.24. The Labute approximate surface area is 117 Å². The maximum atomic E-state index is 6.05. The van der Waals surface area contributed by atoms with Gasteiger partial charge in [-0.2, -0.15) is 0 Å². The van der Waals surface area contributed by atoms with Gasteiger partial charge in [0, 0.05) is 30.0 Å². The molecule has 0 spiro atoms. The standard InChI is InChI=1S/C14H14Cl2N2/c1-10(11-2-4-13(15)5-3-11)18-8-12-6-7-17-9-14(12)16/h2-7,9-10,18H,8H2,1H3/t10-/m1/s1. The van der Waals surface area contributed by atoms with Crippen molar-refractivity contribution < 1.29 is 0 Å². The Hall–Kier alpha value is -1.09. The van der Waals surface area contributed by atoms with E-state index >= 15 is 0 Å². The molecule has 2 aromatic rings. The van der Waals surface area contributed by atoms with Crippen LogP contribution in [-0.4, -0.2) is 4.98 Å². The van der Waals surface area contributed by atoms with E-state index in [4.69, 9.17) is 23.2 Å². The Morgan fingerprint density at radius 2 is 1.89 bits per heavy atom. The molecule has 0 saturated carbocycles. The smallest absolute Gasteiger partial charge is 0.0634 e. The second-order valence-electron chi connectivity index (χ2n) is 4.12. The third-order valence-corrected chi connectivity index (χ3v) is 3.42. The molecular weight excluding hydrogens is 267 g/mol. The van der Waals surface area contributed by atoms with Gasteiger partial charge in [-0.1, -0.05) is 35.3 Å². The van der Waals surface area contributed by atoms with Crippen molar-refractivity contribution in [1.29, 1.82) is 0 Å². The average Bonchev–Trinajstić information content (AvgIpc) is 2.38. The van der Waals surface area contributed by atoms with E-state index in [1.807, 2.05) is 30.3 Å². The van der Waals surface area contributed by atoms with Crippen LogP contribution in [0.15, 0.2) is 42.7 Å². The van der Waals surface area contributed by atoms with Crippen LogP contribution >= 0.6 is 23.2 Å². The Balaban J connectivity index is 1.98. The molecule has 0 unspecified atom stereocenters. The Morgan fingerprint density at radius 3 is 2.56 bits per heavy atom. The Kier molecular flexibility index (Phi) is 4.59. The van der Waals surface area contributed by atoms with Gasteiger partial charge < -0.3 is 5.32 Å². The minimum Gasteiger partial charge on any atom is -0.306 e. The minimum atomic E-state index is 0.242. The van der Waals surface area contributed by atoms with Crippen molar-refractivity contribution in [1.82, 2.24) is 10.3 Å². The number of hydrogen-bond acceptors (Lipinski definition) is 2. The highest BCUT2D eigenvalue weighted by Crippen LogP contribution is 2.18. The van der Waals surface area contributed by atoms with Crippen molar-refractivity contribution in [3.8, 4) is 0 Å². The van der Waals surface area contributed by atoms with Gasteiger partial charge >= 0.3 is 0 Å². The normalized spacial score (nSPS) is 12.4. The molecule has 18 heavy (non-hydrogen) atoms. The fraction of sp³-hybridized carbons (Fsp3) is 0.214. The lowest BCUT2D eigenvalue weighted by Crippen LogP contribution is -2.18. The van der Waals surface area contributed by atoms with Gasteiger partial charge in [0.2, 0.25) is 0 Å². The van der Waals surface area contributed by atoms with Crippen LogP contribution in [0.5, 0.6) is 0 Å². The number of nitrogens with one attached hydrogen (secondary N) is 1. The van der Waals surface area contributed by atoms with Crippen molar-refractivity contribution >= 4 is 23.2 Å². The summed E-state index contributed by atoms with van der Waals surface area (Å²) < 4.78 is 0. The number of hydrogen-bond donors (Lipinski definition) is 1. The molecular formula is C14H14Cl2N2. The molecule has 1 aromatic heterocycles. The maximum absolute atomic E-state index is 6.05. The van der Waals surface area contributed by atoms with E-state index in [1.54, 1.807) is 12.4 Å². The van der Waals surface area contributed by atoms with Crippen molar-refractivity contribution in [3.05, 3.63) is 63.9 Å². The van der Waals surface area contributed by atoms with E-state index in [0.717, 1.165) is 10.6 Å². The van der Waals surface area contributed by atoms with Gasteiger partial charge in [0.15, 0.2) is 0 Å². The first-order valence-electron chi connectivity index (χ1n) is 5.74. The first-order chi connectivity index (χ1) is 8.66. The molecule has 0 bridgehead atoms. The first-order valence-corrected chi connectivity index (χ1v) is 6.49. The van der Waals surface area contributed by atoms with Crippen LogP contribution in [0.1, 0.15) is 24.1 Å². The summed E-state index contributed by atoms with van der Waals surface area (Å²) >= 11 is 11.9. The lowest BCUT2D eigenvalue weighted by Gasteiger charge is -2.14. The largest absolute Gasteiger partial charge is 0.306 e. The molecule has 1 atom stereocenters. The summed E-state index contributed by atoms with van der Waals surface area (Å²) in [6.07, 6.45) is 3.40. The van der Waals surface area contributed by atoms with Gasteiger partial charge in [0.1, 0.15) is 0 Å². The number of halogens is 2. The topological polar surface area (TPSA) is 24.9 Å². The molecule has 1 aromatic carbocycles. The fourth-order valence-corrected chi connectivity index (χ4v) is 1.99. The van der Waals surface area contributed by atoms with Crippen LogP contribution in [0, 0.1) is 0 Å². The molecule has 4 heteroatoms. The lowest BCUT2D eigenvalue weighted by atomic mass is 10.1. The van der Waals surface area contributed by atoms with Crippen LogP contribution in [0.25, 0.3) is 0 Å². The van der Waals surface area contributed by atoms with Gasteiger partial charge in [-0.25, -0.2) is 0 Å².